The second kappa shape index (κ2) is 9.12. The van der Waals surface area contributed by atoms with Gasteiger partial charge in [-0.25, -0.2) is 0 Å². The highest BCUT2D eigenvalue weighted by molar-refractivity contribution is 6.02. The molecule has 0 atom stereocenters. The Balaban J connectivity index is 1.69. The summed E-state index contributed by atoms with van der Waals surface area (Å²) in [5, 5.41) is 16.9. The average molecular weight is 434 g/mol. The Hall–Kier alpha value is -3.48. The van der Waals surface area contributed by atoms with Crippen LogP contribution in [0.3, 0.4) is 0 Å². The van der Waals surface area contributed by atoms with Crippen LogP contribution < -0.4 is 16.0 Å². The Morgan fingerprint density at radius 3 is 2.52 bits per heavy atom. The molecule has 1 aromatic carbocycles. The third kappa shape index (κ3) is 5.57. The van der Waals surface area contributed by atoms with Crippen LogP contribution >= 0.6 is 0 Å². The van der Waals surface area contributed by atoms with Gasteiger partial charge in [0.25, 0.3) is 5.91 Å². The fraction of sp³-hybridized carbons (Fsp3) is 0.381. The average Bonchev–Trinajstić information content (AvgIpc) is 3.28. The summed E-state index contributed by atoms with van der Waals surface area (Å²) in [5.41, 5.74) is -2.39. The molecule has 0 bridgehead atoms. The van der Waals surface area contributed by atoms with Crippen molar-refractivity contribution in [2.45, 2.75) is 43.8 Å². The van der Waals surface area contributed by atoms with Gasteiger partial charge in [-0.15, -0.1) is 0 Å². The minimum atomic E-state index is -4.72. The van der Waals surface area contributed by atoms with Crippen LogP contribution in [0.5, 0.6) is 0 Å². The largest absolute Gasteiger partial charge is 0.459 e. The number of amides is 2. The Kier molecular flexibility index (Phi) is 6.53. The van der Waals surface area contributed by atoms with E-state index >= 15 is 0 Å². The molecule has 0 saturated heterocycles. The number of carbonyl (C=O) groups excluding carboxylic acids is 2. The molecule has 10 heteroatoms. The Labute approximate surface area is 176 Å². The molecule has 2 amide bonds. The molecule has 1 saturated carbocycles. The predicted molar refractivity (Wildman–Crippen MR) is 106 cm³/mol. The van der Waals surface area contributed by atoms with Crippen LogP contribution in [0, 0.1) is 11.3 Å². The smallest absolute Gasteiger partial charge is 0.418 e. The third-order valence-electron chi connectivity index (χ3n) is 5.07. The van der Waals surface area contributed by atoms with Gasteiger partial charge in [0.1, 0.15) is 5.54 Å². The highest BCUT2D eigenvalue weighted by Gasteiger charge is 2.35. The van der Waals surface area contributed by atoms with Gasteiger partial charge in [-0.05, 0) is 43.2 Å². The molecule has 0 radical (unpaired) electrons. The zero-order valence-electron chi connectivity index (χ0n) is 16.5. The molecule has 1 aliphatic carbocycles. The molecule has 0 spiro atoms. The van der Waals surface area contributed by atoms with E-state index in [-0.39, 0.29) is 17.1 Å². The molecule has 164 valence electrons. The fourth-order valence-electron chi connectivity index (χ4n) is 3.52. The third-order valence-corrected chi connectivity index (χ3v) is 5.07. The van der Waals surface area contributed by atoms with Crippen molar-refractivity contribution in [3.8, 4) is 6.07 Å². The number of furan rings is 1. The number of hydrogen-bond acceptors (Lipinski definition) is 5. The summed E-state index contributed by atoms with van der Waals surface area (Å²) >= 11 is 0. The Bertz CT molecular complexity index is 975. The fourth-order valence-corrected chi connectivity index (χ4v) is 3.52. The van der Waals surface area contributed by atoms with Gasteiger partial charge < -0.3 is 20.4 Å². The quantitative estimate of drug-likeness (QED) is 0.628. The van der Waals surface area contributed by atoms with Gasteiger partial charge in [0.05, 0.1) is 24.4 Å². The number of nitriles is 1. The number of benzene rings is 1. The number of alkyl halides is 3. The van der Waals surface area contributed by atoms with Crippen LogP contribution in [-0.4, -0.2) is 23.9 Å². The lowest BCUT2D eigenvalue weighted by Crippen LogP contribution is -2.50. The zero-order chi connectivity index (χ0) is 22.5. The van der Waals surface area contributed by atoms with E-state index in [2.05, 4.69) is 22.0 Å². The van der Waals surface area contributed by atoms with Crippen LogP contribution in [0.25, 0.3) is 0 Å². The monoisotopic (exact) mass is 434 g/mol. The van der Waals surface area contributed by atoms with Crippen molar-refractivity contribution in [3.05, 3.63) is 47.9 Å². The molecule has 2 aromatic rings. The maximum absolute atomic E-state index is 13.5. The van der Waals surface area contributed by atoms with Crippen molar-refractivity contribution in [1.82, 2.24) is 5.32 Å². The molecule has 1 aliphatic rings. The van der Waals surface area contributed by atoms with Crippen molar-refractivity contribution >= 4 is 23.2 Å². The van der Waals surface area contributed by atoms with Gasteiger partial charge >= 0.3 is 6.18 Å². The number of hydrogen-bond donors (Lipinski definition) is 3. The first-order chi connectivity index (χ1) is 14.7. The van der Waals surface area contributed by atoms with E-state index in [4.69, 9.17) is 4.42 Å². The zero-order valence-corrected chi connectivity index (χ0v) is 16.5. The van der Waals surface area contributed by atoms with Gasteiger partial charge in [-0.3, -0.25) is 9.59 Å². The second-order valence-electron chi connectivity index (χ2n) is 7.35. The van der Waals surface area contributed by atoms with E-state index in [9.17, 15) is 28.0 Å². The standard InChI is InChI=1S/C21H21F3N4O3/c22-21(23,24)15-11-14(27-19(30)17-5-4-10-31-17)6-7-16(15)26-12-18(29)28-20(13-25)8-2-1-3-9-20/h4-7,10-11,26H,1-3,8-9,12H2,(H,27,30)(H,28,29). The van der Waals surface area contributed by atoms with E-state index in [1.807, 2.05) is 0 Å². The minimum Gasteiger partial charge on any atom is -0.459 e. The molecule has 3 N–H and O–H groups in total. The number of halogens is 3. The Morgan fingerprint density at radius 1 is 1.16 bits per heavy atom. The number of carbonyl (C=O) groups is 2. The molecule has 7 nitrogen and oxygen atoms in total. The van der Waals surface area contributed by atoms with E-state index in [1.165, 1.54) is 24.5 Å². The van der Waals surface area contributed by atoms with Gasteiger partial charge in [0.2, 0.25) is 5.91 Å². The lowest BCUT2D eigenvalue weighted by molar-refractivity contribution is -0.137. The Morgan fingerprint density at radius 2 is 1.90 bits per heavy atom. The van der Waals surface area contributed by atoms with Gasteiger partial charge in [0.15, 0.2) is 5.76 Å². The first-order valence-electron chi connectivity index (χ1n) is 9.75. The van der Waals surface area contributed by atoms with Crippen LogP contribution in [0.4, 0.5) is 24.5 Å². The van der Waals surface area contributed by atoms with Crippen molar-refractivity contribution in [1.29, 1.82) is 5.26 Å². The molecular formula is C21H21F3N4O3. The first kappa shape index (κ1) is 22.2. The maximum atomic E-state index is 13.5. The molecule has 1 heterocycles. The summed E-state index contributed by atoms with van der Waals surface area (Å²) < 4.78 is 45.5. The van der Waals surface area contributed by atoms with Crippen molar-refractivity contribution in [2.75, 3.05) is 17.2 Å². The molecular weight excluding hydrogens is 413 g/mol. The molecule has 1 fully saturated rings. The van der Waals surface area contributed by atoms with Crippen LogP contribution in [0.15, 0.2) is 41.0 Å². The highest BCUT2D eigenvalue weighted by atomic mass is 19.4. The van der Waals surface area contributed by atoms with E-state index in [0.29, 0.717) is 12.8 Å². The van der Waals surface area contributed by atoms with Crippen molar-refractivity contribution in [3.63, 3.8) is 0 Å². The summed E-state index contributed by atoms with van der Waals surface area (Å²) in [7, 11) is 0. The first-order valence-corrected chi connectivity index (χ1v) is 9.75. The summed E-state index contributed by atoms with van der Waals surface area (Å²) in [6, 6.07) is 8.20. The van der Waals surface area contributed by atoms with Crippen LogP contribution in [-0.2, 0) is 11.0 Å². The van der Waals surface area contributed by atoms with Crippen molar-refractivity contribution < 1.29 is 27.2 Å². The van der Waals surface area contributed by atoms with E-state index in [0.717, 1.165) is 31.4 Å². The molecule has 0 unspecified atom stereocenters. The summed E-state index contributed by atoms with van der Waals surface area (Å²) in [6.07, 6.45) is 0.199. The van der Waals surface area contributed by atoms with Crippen molar-refractivity contribution in [2.24, 2.45) is 0 Å². The van der Waals surface area contributed by atoms with Gasteiger partial charge in [-0.2, -0.15) is 18.4 Å². The summed E-state index contributed by atoms with van der Waals surface area (Å²) in [6.45, 7) is -0.426. The molecule has 0 aliphatic heterocycles. The highest BCUT2D eigenvalue weighted by Crippen LogP contribution is 2.36. The number of nitrogens with one attached hydrogen (secondary N) is 3. The molecule has 31 heavy (non-hydrogen) atoms. The van der Waals surface area contributed by atoms with E-state index < -0.39 is 35.6 Å². The SMILES string of the molecule is N#CC1(NC(=O)CNc2ccc(NC(=O)c3ccco3)cc2C(F)(F)F)CCCCC1. The van der Waals surface area contributed by atoms with Gasteiger partial charge in [-0.1, -0.05) is 19.3 Å². The number of anilines is 2. The van der Waals surface area contributed by atoms with Gasteiger partial charge in [0, 0.05) is 11.4 Å². The number of rotatable bonds is 6. The normalized spacial score (nSPS) is 15.5. The second-order valence-corrected chi connectivity index (χ2v) is 7.35. The lowest BCUT2D eigenvalue weighted by Gasteiger charge is -2.31. The summed E-state index contributed by atoms with van der Waals surface area (Å²) in [5.74, 6) is -1.29. The minimum absolute atomic E-state index is 0.0402. The van der Waals surface area contributed by atoms with E-state index in [1.54, 1.807) is 0 Å². The topological polar surface area (TPSA) is 107 Å². The van der Waals surface area contributed by atoms with Crippen LogP contribution in [0.1, 0.15) is 48.2 Å². The molecule has 1 aromatic heterocycles. The number of nitrogens with zero attached hydrogens (tertiary/aromatic N) is 1. The molecule has 3 rings (SSSR count). The predicted octanol–water partition coefficient (Wildman–Crippen LogP) is 4.31. The maximum Gasteiger partial charge on any atom is 0.418 e. The van der Waals surface area contributed by atoms with Crippen LogP contribution in [0.2, 0.25) is 0 Å². The summed E-state index contributed by atoms with van der Waals surface area (Å²) in [4.78, 5) is 24.3. The lowest BCUT2D eigenvalue weighted by atomic mass is 9.83.